The van der Waals surface area contributed by atoms with Crippen LogP contribution in [0.5, 0.6) is 0 Å². The first kappa shape index (κ1) is 26.0. The van der Waals surface area contributed by atoms with E-state index in [-0.39, 0.29) is 11.8 Å². The van der Waals surface area contributed by atoms with E-state index in [1.165, 1.54) is 5.69 Å². The van der Waals surface area contributed by atoms with Gasteiger partial charge in [0.05, 0.1) is 5.60 Å². The lowest BCUT2D eigenvalue weighted by molar-refractivity contribution is -0.192. The van der Waals surface area contributed by atoms with Gasteiger partial charge < -0.3 is 19.7 Å². The van der Waals surface area contributed by atoms with Crippen molar-refractivity contribution in [3.8, 4) is 0 Å². The molecule has 1 fully saturated rings. The van der Waals surface area contributed by atoms with Crippen molar-refractivity contribution in [1.29, 1.82) is 0 Å². The second-order valence-corrected chi connectivity index (χ2v) is 9.25. The quantitative estimate of drug-likeness (QED) is 0.669. The molecule has 4 rings (SSSR count). The highest BCUT2D eigenvalue weighted by atomic mass is 35.5. The van der Waals surface area contributed by atoms with Gasteiger partial charge in [-0.05, 0) is 43.9 Å². The number of piperidine rings is 1. The van der Waals surface area contributed by atoms with E-state index in [1.807, 2.05) is 35.4 Å². The summed E-state index contributed by atoms with van der Waals surface area (Å²) in [6, 6.07) is 7.63. The number of alkyl halides is 3. The summed E-state index contributed by atoms with van der Waals surface area (Å²) in [4.78, 5) is 28.3. The van der Waals surface area contributed by atoms with Crippen LogP contribution >= 0.6 is 11.6 Å². The smallest absolute Gasteiger partial charge is 0.475 e. The van der Waals surface area contributed by atoms with Crippen molar-refractivity contribution in [2.45, 2.75) is 57.3 Å². The fraction of sp³-hybridized carbons (Fsp3) is 0.522. The number of imidazole rings is 1. The van der Waals surface area contributed by atoms with Gasteiger partial charge in [-0.15, -0.1) is 0 Å². The Morgan fingerprint density at radius 1 is 1.18 bits per heavy atom. The Kier molecular flexibility index (Phi) is 7.92. The van der Waals surface area contributed by atoms with Gasteiger partial charge in [0.1, 0.15) is 5.82 Å². The SMILES string of the molecule is Cc1cnc2n1CCC(C(=O)N1CCC(O)(Cc3ccc(Cl)cc3)CC1)C2.O=C(O)C(F)(F)F. The number of carboxylic acid groups (broad SMARTS) is 1. The van der Waals surface area contributed by atoms with Crippen LogP contribution in [0, 0.1) is 12.8 Å². The maximum atomic E-state index is 13.0. The fourth-order valence-corrected chi connectivity index (χ4v) is 4.48. The normalized spacial score (nSPS) is 19.6. The van der Waals surface area contributed by atoms with Crippen LogP contribution in [0.2, 0.25) is 5.02 Å². The van der Waals surface area contributed by atoms with Crippen molar-refractivity contribution in [3.63, 3.8) is 0 Å². The van der Waals surface area contributed by atoms with E-state index in [2.05, 4.69) is 16.5 Å². The third kappa shape index (κ3) is 6.50. The van der Waals surface area contributed by atoms with Gasteiger partial charge in [-0.2, -0.15) is 13.2 Å². The number of benzene rings is 1. The lowest BCUT2D eigenvalue weighted by atomic mass is 9.84. The van der Waals surface area contributed by atoms with E-state index < -0.39 is 17.7 Å². The van der Waals surface area contributed by atoms with E-state index in [0.717, 1.165) is 30.8 Å². The minimum Gasteiger partial charge on any atom is -0.475 e. The van der Waals surface area contributed by atoms with Crippen LogP contribution < -0.4 is 0 Å². The zero-order chi connectivity index (χ0) is 25.1. The molecule has 2 aromatic rings. The number of amides is 1. The minimum atomic E-state index is -5.08. The molecule has 11 heteroatoms. The van der Waals surface area contributed by atoms with Gasteiger partial charge in [-0.1, -0.05) is 23.7 Å². The first-order chi connectivity index (χ1) is 15.9. The van der Waals surface area contributed by atoms with Gasteiger partial charge >= 0.3 is 12.1 Å². The van der Waals surface area contributed by atoms with Crippen LogP contribution in [0.15, 0.2) is 30.5 Å². The molecule has 1 aromatic heterocycles. The largest absolute Gasteiger partial charge is 0.490 e. The molecule has 34 heavy (non-hydrogen) atoms. The molecule has 0 aliphatic carbocycles. The highest BCUT2D eigenvalue weighted by Crippen LogP contribution is 2.29. The Hall–Kier alpha value is -2.59. The van der Waals surface area contributed by atoms with Crippen molar-refractivity contribution >= 4 is 23.5 Å². The van der Waals surface area contributed by atoms with Crippen molar-refractivity contribution in [1.82, 2.24) is 14.5 Å². The molecule has 1 saturated heterocycles. The van der Waals surface area contributed by atoms with Gasteiger partial charge in [0, 0.05) is 55.3 Å². The van der Waals surface area contributed by atoms with Gasteiger partial charge in [0.15, 0.2) is 0 Å². The summed E-state index contributed by atoms with van der Waals surface area (Å²) < 4.78 is 33.9. The molecule has 2 aliphatic rings. The Morgan fingerprint density at radius 2 is 1.76 bits per heavy atom. The Bertz CT molecular complexity index is 1020. The third-order valence-electron chi connectivity index (χ3n) is 6.31. The molecule has 7 nitrogen and oxygen atoms in total. The van der Waals surface area contributed by atoms with Gasteiger partial charge in [-0.3, -0.25) is 4.79 Å². The molecule has 0 saturated carbocycles. The Balaban J connectivity index is 0.000000406. The molecule has 0 radical (unpaired) electrons. The van der Waals surface area contributed by atoms with Crippen LogP contribution in [0.4, 0.5) is 13.2 Å². The Morgan fingerprint density at radius 3 is 2.32 bits per heavy atom. The number of aryl methyl sites for hydroxylation is 1. The van der Waals surface area contributed by atoms with E-state index in [1.54, 1.807) is 0 Å². The molecule has 1 atom stereocenters. The molecule has 0 spiro atoms. The number of carbonyl (C=O) groups is 2. The second kappa shape index (κ2) is 10.4. The predicted octanol–water partition coefficient (Wildman–Crippen LogP) is 3.64. The first-order valence-corrected chi connectivity index (χ1v) is 11.3. The fourth-order valence-electron chi connectivity index (χ4n) is 4.36. The maximum absolute atomic E-state index is 13.0. The zero-order valence-electron chi connectivity index (χ0n) is 18.7. The van der Waals surface area contributed by atoms with Crippen molar-refractivity contribution in [3.05, 3.63) is 52.6 Å². The van der Waals surface area contributed by atoms with E-state index in [4.69, 9.17) is 21.5 Å². The molecule has 1 amide bonds. The van der Waals surface area contributed by atoms with Crippen LogP contribution in [0.1, 0.15) is 36.3 Å². The summed E-state index contributed by atoms with van der Waals surface area (Å²) in [5.41, 5.74) is 1.50. The second-order valence-electron chi connectivity index (χ2n) is 8.81. The molecule has 1 aromatic carbocycles. The molecule has 2 aliphatic heterocycles. The van der Waals surface area contributed by atoms with E-state index in [0.29, 0.717) is 37.4 Å². The number of likely N-dealkylation sites (tertiary alicyclic amines) is 1. The highest BCUT2D eigenvalue weighted by molar-refractivity contribution is 6.30. The number of nitrogens with zero attached hydrogens (tertiary/aromatic N) is 3. The summed E-state index contributed by atoms with van der Waals surface area (Å²) >= 11 is 5.94. The average Bonchev–Trinajstić information content (AvgIpc) is 3.15. The van der Waals surface area contributed by atoms with Crippen LogP contribution in [-0.2, 0) is 29.0 Å². The molecule has 3 heterocycles. The number of halogens is 4. The maximum Gasteiger partial charge on any atom is 0.490 e. The van der Waals surface area contributed by atoms with Crippen LogP contribution in [0.3, 0.4) is 0 Å². The highest BCUT2D eigenvalue weighted by Gasteiger charge is 2.38. The molecular weight excluding hydrogens is 475 g/mol. The van der Waals surface area contributed by atoms with Gasteiger partial charge in [0.2, 0.25) is 5.91 Å². The predicted molar refractivity (Wildman–Crippen MR) is 118 cm³/mol. The standard InChI is InChI=1S/C21H26ClN3O2.C2HF3O2/c1-15-14-23-19-12-17(6-9-25(15)19)20(26)24-10-7-21(27,8-11-24)13-16-2-4-18(22)5-3-16;3-2(4,5)1(6)7/h2-5,14,17,27H,6-13H2,1H3;(H,6,7). The van der Waals surface area contributed by atoms with Crippen molar-refractivity contribution in [2.24, 2.45) is 5.92 Å². The van der Waals surface area contributed by atoms with Crippen LogP contribution in [0.25, 0.3) is 0 Å². The summed E-state index contributed by atoms with van der Waals surface area (Å²) in [7, 11) is 0. The van der Waals surface area contributed by atoms with E-state index >= 15 is 0 Å². The number of aromatic nitrogens is 2. The lowest BCUT2D eigenvalue weighted by Gasteiger charge is -2.40. The molecule has 2 N–H and O–H groups in total. The summed E-state index contributed by atoms with van der Waals surface area (Å²) in [6.07, 6.45) is 0.225. The number of aliphatic hydroxyl groups is 1. The van der Waals surface area contributed by atoms with E-state index in [9.17, 15) is 23.1 Å². The topological polar surface area (TPSA) is 95.7 Å². The number of carboxylic acids is 1. The molecule has 186 valence electrons. The minimum absolute atomic E-state index is 0.0155. The van der Waals surface area contributed by atoms with Crippen LogP contribution in [-0.4, -0.2) is 61.4 Å². The van der Waals surface area contributed by atoms with Gasteiger partial charge in [-0.25, -0.2) is 9.78 Å². The monoisotopic (exact) mass is 501 g/mol. The number of rotatable bonds is 3. The summed E-state index contributed by atoms with van der Waals surface area (Å²) in [6.45, 7) is 4.16. The van der Waals surface area contributed by atoms with Crippen molar-refractivity contribution < 1.29 is 33.0 Å². The first-order valence-electron chi connectivity index (χ1n) is 10.9. The third-order valence-corrected chi connectivity index (χ3v) is 6.56. The Labute approximate surface area is 200 Å². The summed E-state index contributed by atoms with van der Waals surface area (Å²) in [5.74, 6) is -1.50. The number of hydrogen-bond donors (Lipinski definition) is 2. The number of carbonyl (C=O) groups excluding carboxylic acids is 1. The lowest BCUT2D eigenvalue weighted by Crippen LogP contribution is -2.50. The molecule has 0 bridgehead atoms. The molecular formula is C23H27ClF3N3O4. The van der Waals surface area contributed by atoms with Gasteiger partial charge in [0.25, 0.3) is 0 Å². The number of aliphatic carboxylic acids is 1. The molecule has 1 unspecified atom stereocenters. The number of fused-ring (bicyclic) bond motifs is 1. The summed E-state index contributed by atoms with van der Waals surface area (Å²) in [5, 5.41) is 18.8. The zero-order valence-corrected chi connectivity index (χ0v) is 19.4. The van der Waals surface area contributed by atoms with Crippen molar-refractivity contribution in [2.75, 3.05) is 13.1 Å². The number of hydrogen-bond acceptors (Lipinski definition) is 4. The average molecular weight is 502 g/mol.